The number of aryl methyl sites for hydroxylation is 2. The first-order valence-corrected chi connectivity index (χ1v) is 11.9. The van der Waals surface area contributed by atoms with Crippen LogP contribution in [0.4, 0.5) is 5.69 Å². The summed E-state index contributed by atoms with van der Waals surface area (Å²) in [7, 11) is -2.03. The van der Waals surface area contributed by atoms with E-state index in [1.165, 1.54) is 11.4 Å². The predicted molar refractivity (Wildman–Crippen MR) is 122 cm³/mol. The molecule has 2 aromatic rings. The lowest BCUT2D eigenvalue weighted by molar-refractivity contribution is -0.121. The molecule has 0 bridgehead atoms. The van der Waals surface area contributed by atoms with Gasteiger partial charge in [0.25, 0.3) is 0 Å². The fourth-order valence-electron chi connectivity index (χ4n) is 3.54. The van der Waals surface area contributed by atoms with E-state index in [0.717, 1.165) is 11.1 Å². The van der Waals surface area contributed by atoms with Gasteiger partial charge in [0.2, 0.25) is 15.9 Å². The van der Waals surface area contributed by atoms with Crippen molar-refractivity contribution in [2.24, 2.45) is 0 Å². The molecular formula is C22H28ClN3O4S. The lowest BCUT2D eigenvalue weighted by Gasteiger charge is -2.36. The van der Waals surface area contributed by atoms with Crippen LogP contribution in [0.3, 0.4) is 0 Å². The Hall–Kier alpha value is -2.13. The summed E-state index contributed by atoms with van der Waals surface area (Å²) in [6, 6.07) is 9.78. The largest absolute Gasteiger partial charge is 0.495 e. The molecule has 1 amide bonds. The van der Waals surface area contributed by atoms with E-state index in [-0.39, 0.29) is 5.91 Å². The normalized spacial score (nSPS) is 16.7. The van der Waals surface area contributed by atoms with Crippen LogP contribution in [0, 0.1) is 13.8 Å². The number of rotatable bonds is 6. The molecule has 7 nitrogen and oxygen atoms in total. The van der Waals surface area contributed by atoms with E-state index in [4.69, 9.17) is 16.3 Å². The van der Waals surface area contributed by atoms with E-state index in [9.17, 15) is 13.2 Å². The summed E-state index contributed by atoms with van der Waals surface area (Å²) in [4.78, 5) is 15.1. The van der Waals surface area contributed by atoms with Gasteiger partial charge < -0.3 is 10.1 Å². The number of hydrogen-bond acceptors (Lipinski definition) is 5. The van der Waals surface area contributed by atoms with Gasteiger partial charge in [-0.2, -0.15) is 4.31 Å². The molecule has 3 rings (SSSR count). The summed E-state index contributed by atoms with van der Waals surface area (Å²) < 4.78 is 32.8. The molecular weight excluding hydrogens is 438 g/mol. The zero-order valence-electron chi connectivity index (χ0n) is 18.2. The minimum Gasteiger partial charge on any atom is -0.495 e. The van der Waals surface area contributed by atoms with Crippen LogP contribution in [-0.4, -0.2) is 62.9 Å². The molecule has 1 unspecified atom stereocenters. The second kappa shape index (κ2) is 9.56. The molecule has 1 atom stereocenters. The summed E-state index contributed by atoms with van der Waals surface area (Å²) in [5, 5.41) is 3.35. The van der Waals surface area contributed by atoms with Gasteiger partial charge in [-0.3, -0.25) is 9.69 Å². The van der Waals surface area contributed by atoms with E-state index in [1.54, 1.807) is 37.3 Å². The number of hydrogen-bond donors (Lipinski definition) is 1. The van der Waals surface area contributed by atoms with Gasteiger partial charge in [0, 0.05) is 31.2 Å². The van der Waals surface area contributed by atoms with Gasteiger partial charge in [-0.15, -0.1) is 0 Å². The lowest BCUT2D eigenvalue weighted by atomic mass is 10.1. The van der Waals surface area contributed by atoms with Crippen molar-refractivity contribution in [3.05, 3.63) is 52.5 Å². The van der Waals surface area contributed by atoms with Crippen LogP contribution in [0.1, 0.15) is 18.1 Å². The number of nitrogens with zero attached hydrogens (tertiary/aromatic N) is 2. The summed E-state index contributed by atoms with van der Waals surface area (Å²) in [5.74, 6) is 0.320. The second-order valence-electron chi connectivity index (χ2n) is 7.70. The molecule has 9 heteroatoms. The third-order valence-corrected chi connectivity index (χ3v) is 7.87. The Balaban J connectivity index is 1.64. The molecule has 1 fully saturated rings. The average molecular weight is 466 g/mol. The number of ether oxygens (including phenoxy) is 1. The number of sulfonamides is 1. The molecule has 0 aromatic heterocycles. The van der Waals surface area contributed by atoms with Crippen LogP contribution in [0.5, 0.6) is 5.75 Å². The van der Waals surface area contributed by atoms with E-state index in [0.29, 0.717) is 47.5 Å². The van der Waals surface area contributed by atoms with Crippen molar-refractivity contribution in [2.45, 2.75) is 31.7 Å². The predicted octanol–water partition coefficient (Wildman–Crippen LogP) is 3.30. The Morgan fingerprint density at radius 2 is 1.74 bits per heavy atom. The minimum absolute atomic E-state index is 0.203. The average Bonchev–Trinajstić information content (AvgIpc) is 2.75. The highest BCUT2D eigenvalue weighted by molar-refractivity contribution is 7.89. The molecule has 168 valence electrons. The highest BCUT2D eigenvalue weighted by atomic mass is 35.5. The van der Waals surface area contributed by atoms with E-state index < -0.39 is 16.1 Å². The van der Waals surface area contributed by atoms with Crippen LogP contribution in [0.25, 0.3) is 0 Å². The smallest absolute Gasteiger partial charge is 0.243 e. The first-order chi connectivity index (χ1) is 14.6. The van der Waals surface area contributed by atoms with Crippen molar-refractivity contribution in [1.82, 2.24) is 9.21 Å². The van der Waals surface area contributed by atoms with E-state index in [1.807, 2.05) is 24.8 Å². The van der Waals surface area contributed by atoms with Gasteiger partial charge in [0.15, 0.2) is 0 Å². The first kappa shape index (κ1) is 23.5. The monoisotopic (exact) mass is 465 g/mol. The number of benzene rings is 2. The summed E-state index contributed by atoms with van der Waals surface area (Å²) >= 11 is 6.03. The fraction of sp³-hybridized carbons (Fsp3) is 0.409. The van der Waals surface area contributed by atoms with Crippen molar-refractivity contribution < 1.29 is 17.9 Å². The summed E-state index contributed by atoms with van der Waals surface area (Å²) in [6.07, 6.45) is 0. The molecule has 2 aromatic carbocycles. The second-order valence-corrected chi connectivity index (χ2v) is 10.1. The molecule has 0 radical (unpaired) electrons. The maximum Gasteiger partial charge on any atom is 0.243 e. The Morgan fingerprint density at radius 3 is 2.35 bits per heavy atom. The van der Waals surface area contributed by atoms with Gasteiger partial charge in [-0.25, -0.2) is 8.42 Å². The van der Waals surface area contributed by atoms with Crippen LogP contribution >= 0.6 is 11.6 Å². The maximum atomic E-state index is 13.0. The standard InChI is InChI=1S/C22H28ClN3O4S/c1-15-5-7-19(13-16(15)2)31(28,29)26-11-9-25(10-12-26)17(3)22(27)24-20-14-18(23)6-8-21(20)30-4/h5-8,13-14,17H,9-12H2,1-4H3,(H,24,27). The number of methoxy groups -OCH3 is 1. The topological polar surface area (TPSA) is 79.0 Å². The van der Waals surface area contributed by atoms with Gasteiger partial charge >= 0.3 is 0 Å². The highest BCUT2D eigenvalue weighted by Crippen LogP contribution is 2.28. The van der Waals surface area contributed by atoms with Gasteiger partial charge in [-0.05, 0) is 62.2 Å². The molecule has 1 heterocycles. The van der Waals surface area contributed by atoms with Crippen LogP contribution in [0.15, 0.2) is 41.3 Å². The number of amides is 1. The third kappa shape index (κ3) is 5.20. The Morgan fingerprint density at radius 1 is 1.06 bits per heavy atom. The van der Waals surface area contributed by atoms with Crippen molar-refractivity contribution >= 4 is 33.2 Å². The van der Waals surface area contributed by atoms with Crippen LogP contribution < -0.4 is 10.1 Å². The molecule has 0 spiro atoms. The zero-order chi connectivity index (χ0) is 22.8. The summed E-state index contributed by atoms with van der Waals surface area (Å²) in [6.45, 7) is 7.24. The van der Waals surface area contributed by atoms with Crippen molar-refractivity contribution in [3.8, 4) is 5.75 Å². The van der Waals surface area contributed by atoms with Crippen LogP contribution in [0.2, 0.25) is 5.02 Å². The molecule has 0 saturated carbocycles. The molecule has 1 saturated heterocycles. The molecule has 1 aliphatic rings. The zero-order valence-corrected chi connectivity index (χ0v) is 19.8. The Kier molecular flexibility index (Phi) is 7.26. The molecule has 31 heavy (non-hydrogen) atoms. The van der Waals surface area contributed by atoms with E-state index in [2.05, 4.69) is 5.32 Å². The third-order valence-electron chi connectivity index (χ3n) is 5.74. The molecule has 1 aliphatic heterocycles. The summed E-state index contributed by atoms with van der Waals surface area (Å²) in [5.41, 5.74) is 2.50. The number of carbonyl (C=O) groups is 1. The first-order valence-electron chi connectivity index (χ1n) is 10.1. The number of piperazine rings is 1. The highest BCUT2D eigenvalue weighted by Gasteiger charge is 2.32. The maximum absolute atomic E-state index is 13.0. The number of nitrogens with one attached hydrogen (secondary N) is 1. The van der Waals surface area contributed by atoms with Crippen molar-refractivity contribution in [2.75, 3.05) is 38.6 Å². The number of halogens is 1. The Bertz CT molecular complexity index is 1070. The van der Waals surface area contributed by atoms with Gasteiger partial charge in [0.05, 0.1) is 23.7 Å². The van der Waals surface area contributed by atoms with Gasteiger partial charge in [0.1, 0.15) is 5.75 Å². The molecule has 1 N–H and O–H groups in total. The minimum atomic E-state index is -3.56. The van der Waals surface area contributed by atoms with Gasteiger partial charge in [-0.1, -0.05) is 17.7 Å². The number of anilines is 1. The lowest BCUT2D eigenvalue weighted by Crippen LogP contribution is -2.53. The van der Waals surface area contributed by atoms with Crippen LogP contribution in [-0.2, 0) is 14.8 Å². The van der Waals surface area contributed by atoms with Crippen molar-refractivity contribution in [3.63, 3.8) is 0 Å². The Labute approximate surface area is 189 Å². The van der Waals surface area contributed by atoms with E-state index >= 15 is 0 Å². The molecule has 0 aliphatic carbocycles. The SMILES string of the molecule is COc1ccc(Cl)cc1NC(=O)C(C)N1CCN(S(=O)(=O)c2ccc(C)c(C)c2)CC1. The number of carbonyl (C=O) groups excluding carboxylic acids is 1. The fourth-order valence-corrected chi connectivity index (χ4v) is 5.22. The van der Waals surface area contributed by atoms with Crippen molar-refractivity contribution in [1.29, 1.82) is 0 Å². The quantitative estimate of drug-likeness (QED) is 0.708.